The molecule has 0 unspecified atom stereocenters. The summed E-state index contributed by atoms with van der Waals surface area (Å²) in [5.74, 6) is 0.760. The quantitative estimate of drug-likeness (QED) is 0.787. The second-order valence-electron chi connectivity index (χ2n) is 4.68. The summed E-state index contributed by atoms with van der Waals surface area (Å²) >= 11 is 0. The number of hydrogen-bond donors (Lipinski definition) is 2. The number of benzene rings is 1. The number of hydrogen-bond acceptors (Lipinski definition) is 4. The van der Waals surface area contributed by atoms with Crippen LogP contribution in [0.2, 0.25) is 0 Å². The summed E-state index contributed by atoms with van der Waals surface area (Å²) in [4.78, 5) is 4.29. The zero-order valence-corrected chi connectivity index (χ0v) is 12.4. The maximum absolute atomic E-state index is 12.1. The number of nitrogens with zero attached hydrogens (tertiary/aromatic N) is 2. The van der Waals surface area contributed by atoms with Crippen LogP contribution in [0, 0.1) is 13.8 Å². The molecule has 0 bridgehead atoms. The number of rotatable bonds is 6. The van der Waals surface area contributed by atoms with E-state index in [4.69, 9.17) is 0 Å². The Labute approximate surface area is 118 Å². The summed E-state index contributed by atoms with van der Waals surface area (Å²) in [6.07, 6.45) is 2.77. The van der Waals surface area contributed by atoms with Gasteiger partial charge < -0.3 is 0 Å². The van der Waals surface area contributed by atoms with Crippen LogP contribution in [0.25, 0.3) is 0 Å². The van der Waals surface area contributed by atoms with E-state index in [0.717, 1.165) is 17.0 Å². The monoisotopic (exact) mass is 294 g/mol. The lowest BCUT2D eigenvalue weighted by Crippen LogP contribution is -2.25. The highest BCUT2D eigenvalue weighted by molar-refractivity contribution is 7.89. The summed E-state index contributed by atoms with van der Waals surface area (Å²) in [6, 6.07) is 5.13. The van der Waals surface area contributed by atoms with Crippen LogP contribution in [0.5, 0.6) is 0 Å². The largest absolute Gasteiger partial charge is 0.263 e. The third-order valence-electron chi connectivity index (χ3n) is 3.14. The molecule has 0 saturated heterocycles. The van der Waals surface area contributed by atoms with Crippen LogP contribution in [-0.2, 0) is 16.4 Å². The molecule has 1 heterocycles. The molecule has 7 heteroatoms. The van der Waals surface area contributed by atoms with Crippen molar-refractivity contribution in [3.05, 3.63) is 41.5 Å². The van der Waals surface area contributed by atoms with Gasteiger partial charge in [0, 0.05) is 13.0 Å². The summed E-state index contributed by atoms with van der Waals surface area (Å²) in [6.45, 7) is 4.23. The van der Waals surface area contributed by atoms with E-state index < -0.39 is 10.0 Å². The van der Waals surface area contributed by atoms with Crippen molar-refractivity contribution in [2.75, 3.05) is 6.54 Å². The average Bonchev–Trinajstić information content (AvgIpc) is 2.91. The zero-order chi connectivity index (χ0) is 14.6. The third-order valence-corrected chi connectivity index (χ3v) is 4.59. The zero-order valence-electron chi connectivity index (χ0n) is 11.5. The molecule has 0 aliphatic carbocycles. The summed E-state index contributed by atoms with van der Waals surface area (Å²) < 4.78 is 26.8. The van der Waals surface area contributed by atoms with Crippen LogP contribution >= 0.6 is 0 Å². The molecule has 0 atom stereocenters. The highest BCUT2D eigenvalue weighted by atomic mass is 32.2. The molecule has 0 radical (unpaired) electrons. The van der Waals surface area contributed by atoms with Crippen LogP contribution < -0.4 is 4.72 Å². The first-order chi connectivity index (χ1) is 9.49. The van der Waals surface area contributed by atoms with Crippen LogP contribution in [0.4, 0.5) is 0 Å². The fraction of sp³-hybridized carbons (Fsp3) is 0.385. The molecule has 6 nitrogen and oxygen atoms in total. The van der Waals surface area contributed by atoms with Gasteiger partial charge in [-0.15, -0.1) is 0 Å². The van der Waals surface area contributed by atoms with Gasteiger partial charge in [0.25, 0.3) is 0 Å². The highest BCUT2D eigenvalue weighted by Gasteiger charge is 2.13. The van der Waals surface area contributed by atoms with Crippen molar-refractivity contribution >= 4 is 10.0 Å². The Kier molecular flexibility index (Phi) is 4.51. The normalized spacial score (nSPS) is 11.7. The van der Waals surface area contributed by atoms with Crippen LogP contribution in [-0.4, -0.2) is 30.1 Å². The SMILES string of the molecule is Cc1ccc(S(=O)(=O)NCCCc2ncn[nH]2)cc1C. The second kappa shape index (κ2) is 6.15. The molecule has 1 aromatic carbocycles. The maximum Gasteiger partial charge on any atom is 0.240 e. The molecule has 0 saturated carbocycles. The van der Waals surface area contributed by atoms with E-state index in [1.165, 1.54) is 6.33 Å². The van der Waals surface area contributed by atoms with Crippen molar-refractivity contribution in [1.29, 1.82) is 0 Å². The van der Waals surface area contributed by atoms with Gasteiger partial charge in [-0.1, -0.05) is 6.07 Å². The number of aromatic nitrogens is 3. The third kappa shape index (κ3) is 3.64. The summed E-state index contributed by atoms with van der Waals surface area (Å²) in [5.41, 5.74) is 2.05. The number of nitrogens with one attached hydrogen (secondary N) is 2. The predicted molar refractivity (Wildman–Crippen MR) is 75.8 cm³/mol. The van der Waals surface area contributed by atoms with Crippen LogP contribution in [0.1, 0.15) is 23.4 Å². The first kappa shape index (κ1) is 14.7. The minimum Gasteiger partial charge on any atom is -0.263 e. The van der Waals surface area contributed by atoms with E-state index in [2.05, 4.69) is 19.9 Å². The van der Waals surface area contributed by atoms with Gasteiger partial charge in [-0.2, -0.15) is 5.10 Å². The standard InChI is InChI=1S/C13H18N4O2S/c1-10-5-6-12(8-11(10)2)20(18,19)16-7-3-4-13-14-9-15-17-13/h5-6,8-9,16H,3-4,7H2,1-2H3,(H,14,15,17). The number of aromatic amines is 1. The minimum atomic E-state index is -3.44. The molecule has 0 fully saturated rings. The van der Waals surface area contributed by atoms with Crippen molar-refractivity contribution < 1.29 is 8.42 Å². The molecular formula is C13H18N4O2S. The number of sulfonamides is 1. The van der Waals surface area contributed by atoms with Gasteiger partial charge in [0.1, 0.15) is 12.2 Å². The molecule has 0 spiro atoms. The number of aryl methyl sites for hydroxylation is 3. The molecule has 2 rings (SSSR count). The second-order valence-corrected chi connectivity index (χ2v) is 6.45. The Balaban J connectivity index is 1.92. The summed E-state index contributed by atoms with van der Waals surface area (Å²) in [7, 11) is -3.44. The van der Waals surface area contributed by atoms with Gasteiger partial charge >= 0.3 is 0 Å². The van der Waals surface area contributed by atoms with E-state index in [0.29, 0.717) is 24.3 Å². The van der Waals surface area contributed by atoms with E-state index in [1.807, 2.05) is 19.9 Å². The molecular weight excluding hydrogens is 276 g/mol. The van der Waals surface area contributed by atoms with E-state index in [1.54, 1.807) is 12.1 Å². The van der Waals surface area contributed by atoms with Gasteiger partial charge in [-0.3, -0.25) is 5.10 Å². The van der Waals surface area contributed by atoms with Crippen LogP contribution in [0.3, 0.4) is 0 Å². The fourth-order valence-electron chi connectivity index (χ4n) is 1.78. The van der Waals surface area contributed by atoms with Gasteiger partial charge in [0.05, 0.1) is 4.90 Å². The van der Waals surface area contributed by atoms with E-state index >= 15 is 0 Å². The van der Waals surface area contributed by atoms with Crippen molar-refractivity contribution in [2.24, 2.45) is 0 Å². The molecule has 0 amide bonds. The Morgan fingerprint density at radius 2 is 2.05 bits per heavy atom. The van der Waals surface area contributed by atoms with Crippen molar-refractivity contribution in [2.45, 2.75) is 31.6 Å². The van der Waals surface area contributed by atoms with E-state index in [-0.39, 0.29) is 0 Å². The summed E-state index contributed by atoms with van der Waals surface area (Å²) in [5, 5.41) is 6.48. The number of H-pyrrole nitrogens is 1. The van der Waals surface area contributed by atoms with Gasteiger partial charge in [0.15, 0.2) is 0 Å². The molecule has 20 heavy (non-hydrogen) atoms. The maximum atomic E-state index is 12.1. The lowest BCUT2D eigenvalue weighted by atomic mass is 10.1. The predicted octanol–water partition coefficient (Wildman–Crippen LogP) is 1.33. The topological polar surface area (TPSA) is 87.7 Å². The Morgan fingerprint density at radius 1 is 1.25 bits per heavy atom. The first-order valence-corrected chi connectivity index (χ1v) is 7.88. The van der Waals surface area contributed by atoms with E-state index in [9.17, 15) is 8.42 Å². The smallest absolute Gasteiger partial charge is 0.240 e. The Morgan fingerprint density at radius 3 is 2.70 bits per heavy atom. The first-order valence-electron chi connectivity index (χ1n) is 6.40. The molecule has 0 aliphatic heterocycles. The van der Waals surface area contributed by atoms with Crippen LogP contribution in [0.15, 0.2) is 29.4 Å². The lowest BCUT2D eigenvalue weighted by Gasteiger charge is -2.08. The van der Waals surface area contributed by atoms with Crippen molar-refractivity contribution in [3.8, 4) is 0 Å². The fourth-order valence-corrected chi connectivity index (χ4v) is 2.94. The van der Waals surface area contributed by atoms with Gasteiger partial charge in [-0.25, -0.2) is 18.1 Å². The van der Waals surface area contributed by atoms with Crippen molar-refractivity contribution in [1.82, 2.24) is 19.9 Å². The molecule has 0 aliphatic rings. The highest BCUT2D eigenvalue weighted by Crippen LogP contribution is 2.14. The Bertz CT molecular complexity index is 666. The van der Waals surface area contributed by atoms with Gasteiger partial charge in [0.2, 0.25) is 10.0 Å². The Hall–Kier alpha value is -1.73. The molecule has 108 valence electrons. The lowest BCUT2D eigenvalue weighted by molar-refractivity contribution is 0.578. The molecule has 2 aromatic rings. The average molecular weight is 294 g/mol. The van der Waals surface area contributed by atoms with Crippen molar-refractivity contribution in [3.63, 3.8) is 0 Å². The minimum absolute atomic E-state index is 0.306. The molecule has 2 N–H and O–H groups in total. The van der Waals surface area contributed by atoms with Gasteiger partial charge in [-0.05, 0) is 43.5 Å². The molecule has 1 aromatic heterocycles.